The topological polar surface area (TPSA) is 75.4 Å². The van der Waals surface area contributed by atoms with Crippen LogP contribution in [0.5, 0.6) is 0 Å². The van der Waals surface area contributed by atoms with Crippen LogP contribution in [-0.4, -0.2) is 18.5 Å². The van der Waals surface area contributed by atoms with E-state index in [1.54, 1.807) is 24.3 Å². The predicted molar refractivity (Wildman–Crippen MR) is 61.0 cm³/mol. The summed E-state index contributed by atoms with van der Waals surface area (Å²) in [6.07, 6.45) is 1.05. The molecule has 0 unspecified atom stereocenters. The third-order valence-corrected chi connectivity index (χ3v) is 2.45. The first-order chi connectivity index (χ1) is 7.68. The lowest BCUT2D eigenvalue weighted by Gasteiger charge is -2.18. The van der Waals surface area contributed by atoms with Crippen molar-refractivity contribution in [1.29, 1.82) is 0 Å². The fourth-order valence-corrected chi connectivity index (χ4v) is 1.62. The summed E-state index contributed by atoms with van der Waals surface area (Å²) in [6.45, 7) is 0.538. The molecule has 84 valence electrons. The zero-order valence-electron chi connectivity index (χ0n) is 8.77. The molecule has 0 atom stereocenters. The molecule has 0 aliphatic carbocycles. The zero-order valence-corrected chi connectivity index (χ0v) is 8.77. The van der Waals surface area contributed by atoms with Gasteiger partial charge in [0.15, 0.2) is 0 Å². The highest BCUT2D eigenvalue weighted by Gasteiger charge is 2.25. The summed E-state index contributed by atoms with van der Waals surface area (Å²) in [5, 5.41) is 2.67. The molecule has 0 spiro atoms. The number of amides is 3. The van der Waals surface area contributed by atoms with E-state index in [1.807, 2.05) is 0 Å². The first kappa shape index (κ1) is 10.5. The molecular formula is C11H13N3O2. The number of carbonyl (C=O) groups excluding carboxylic acids is 2. The largest absolute Gasteiger partial charge is 0.399 e. The molecule has 0 saturated carbocycles. The highest BCUT2D eigenvalue weighted by molar-refractivity contribution is 6.14. The summed E-state index contributed by atoms with van der Waals surface area (Å²) in [6, 6.07) is 6.30. The molecule has 1 aliphatic rings. The molecule has 0 bridgehead atoms. The molecule has 5 heteroatoms. The van der Waals surface area contributed by atoms with E-state index in [9.17, 15) is 9.59 Å². The van der Waals surface area contributed by atoms with Crippen LogP contribution >= 0.6 is 0 Å². The molecule has 1 aromatic carbocycles. The molecule has 0 aromatic heterocycles. The van der Waals surface area contributed by atoms with Gasteiger partial charge in [0.05, 0.1) is 5.69 Å². The van der Waals surface area contributed by atoms with Crippen LogP contribution in [-0.2, 0) is 4.79 Å². The van der Waals surface area contributed by atoms with E-state index in [0.29, 0.717) is 30.8 Å². The van der Waals surface area contributed by atoms with Crippen molar-refractivity contribution in [3.8, 4) is 0 Å². The summed E-state index contributed by atoms with van der Waals surface area (Å²) < 4.78 is 0. The quantitative estimate of drug-likeness (QED) is 0.694. The van der Waals surface area contributed by atoms with Gasteiger partial charge in [0.1, 0.15) is 0 Å². The molecule has 1 heterocycles. The Labute approximate surface area is 93.2 Å². The predicted octanol–water partition coefficient (Wildman–Crippen LogP) is 1.11. The van der Waals surface area contributed by atoms with E-state index < -0.39 is 0 Å². The average molecular weight is 219 g/mol. The van der Waals surface area contributed by atoms with Gasteiger partial charge in [-0.2, -0.15) is 0 Å². The number of benzene rings is 1. The third kappa shape index (κ3) is 1.98. The van der Waals surface area contributed by atoms with Gasteiger partial charge in [0, 0.05) is 18.7 Å². The zero-order chi connectivity index (χ0) is 11.5. The molecule has 1 aromatic rings. The van der Waals surface area contributed by atoms with E-state index in [-0.39, 0.29) is 11.9 Å². The minimum absolute atomic E-state index is 0.181. The first-order valence-electron chi connectivity index (χ1n) is 5.15. The Morgan fingerprint density at radius 1 is 1.19 bits per heavy atom. The lowest BCUT2D eigenvalue weighted by molar-refractivity contribution is -0.117. The normalized spacial score (nSPS) is 16.9. The molecule has 16 heavy (non-hydrogen) atoms. The second-order valence-corrected chi connectivity index (χ2v) is 3.66. The lowest BCUT2D eigenvalue weighted by Crippen LogP contribution is -2.41. The van der Waals surface area contributed by atoms with Crippen LogP contribution in [0, 0.1) is 0 Å². The monoisotopic (exact) mass is 219 g/mol. The van der Waals surface area contributed by atoms with E-state index in [2.05, 4.69) is 5.32 Å². The number of nitrogens with one attached hydrogen (secondary N) is 1. The van der Waals surface area contributed by atoms with Gasteiger partial charge < -0.3 is 11.1 Å². The number of urea groups is 1. The number of imide groups is 1. The molecule has 1 saturated heterocycles. The van der Waals surface area contributed by atoms with Crippen LogP contribution in [0.2, 0.25) is 0 Å². The van der Waals surface area contributed by atoms with Gasteiger partial charge in [-0.3, -0.25) is 4.79 Å². The van der Waals surface area contributed by atoms with Crippen LogP contribution in [0.1, 0.15) is 12.8 Å². The molecule has 1 fully saturated rings. The van der Waals surface area contributed by atoms with Crippen LogP contribution in [0.4, 0.5) is 16.2 Å². The van der Waals surface area contributed by atoms with Crippen molar-refractivity contribution in [1.82, 2.24) is 5.32 Å². The standard InChI is InChI=1S/C11H13N3O2/c12-8-3-5-9(6-4-8)14-10(15)2-1-7-13-11(14)16/h3-6H,1-2,7,12H2,(H,13,16). The van der Waals surface area contributed by atoms with Crippen LogP contribution in [0.3, 0.4) is 0 Å². The van der Waals surface area contributed by atoms with Gasteiger partial charge in [-0.1, -0.05) is 0 Å². The maximum absolute atomic E-state index is 11.7. The molecule has 2 rings (SSSR count). The van der Waals surface area contributed by atoms with Gasteiger partial charge >= 0.3 is 6.03 Å². The van der Waals surface area contributed by atoms with Gasteiger partial charge in [0.25, 0.3) is 0 Å². The van der Waals surface area contributed by atoms with Crippen molar-refractivity contribution in [2.75, 3.05) is 17.2 Å². The number of nitrogens with two attached hydrogens (primary N) is 1. The lowest BCUT2D eigenvalue weighted by atomic mass is 10.2. The molecule has 3 amide bonds. The van der Waals surface area contributed by atoms with Gasteiger partial charge in [-0.05, 0) is 30.7 Å². The van der Waals surface area contributed by atoms with Crippen LogP contribution in [0.15, 0.2) is 24.3 Å². The van der Waals surface area contributed by atoms with Crippen molar-refractivity contribution in [3.05, 3.63) is 24.3 Å². The Morgan fingerprint density at radius 3 is 2.56 bits per heavy atom. The van der Waals surface area contributed by atoms with Crippen LogP contribution in [0.25, 0.3) is 0 Å². The van der Waals surface area contributed by atoms with E-state index in [0.717, 1.165) is 4.90 Å². The highest BCUT2D eigenvalue weighted by Crippen LogP contribution is 2.19. The summed E-state index contributed by atoms with van der Waals surface area (Å²) in [7, 11) is 0. The van der Waals surface area contributed by atoms with Crippen molar-refractivity contribution < 1.29 is 9.59 Å². The summed E-state index contributed by atoms with van der Waals surface area (Å²) in [4.78, 5) is 24.6. The molecule has 0 radical (unpaired) electrons. The summed E-state index contributed by atoms with van der Waals surface area (Å²) in [5.74, 6) is -0.181. The molecule has 1 aliphatic heterocycles. The Hall–Kier alpha value is -2.04. The number of nitrogens with zero attached hydrogens (tertiary/aromatic N) is 1. The number of carbonyl (C=O) groups is 2. The SMILES string of the molecule is Nc1ccc(N2C(=O)CCCNC2=O)cc1. The summed E-state index contributed by atoms with van der Waals surface area (Å²) >= 11 is 0. The number of rotatable bonds is 1. The summed E-state index contributed by atoms with van der Waals surface area (Å²) in [5.41, 5.74) is 6.71. The average Bonchev–Trinajstić information content (AvgIpc) is 2.42. The van der Waals surface area contributed by atoms with Crippen LogP contribution < -0.4 is 16.0 Å². The van der Waals surface area contributed by atoms with Gasteiger partial charge in [-0.25, -0.2) is 9.69 Å². The maximum atomic E-state index is 11.7. The fraction of sp³-hybridized carbons (Fsp3) is 0.273. The minimum Gasteiger partial charge on any atom is -0.399 e. The fourth-order valence-electron chi connectivity index (χ4n) is 1.62. The smallest absolute Gasteiger partial charge is 0.328 e. The maximum Gasteiger partial charge on any atom is 0.328 e. The Kier molecular flexibility index (Phi) is 2.76. The second-order valence-electron chi connectivity index (χ2n) is 3.66. The van der Waals surface area contributed by atoms with Gasteiger partial charge in [-0.15, -0.1) is 0 Å². The molecule has 5 nitrogen and oxygen atoms in total. The number of hydrogen-bond acceptors (Lipinski definition) is 3. The van der Waals surface area contributed by atoms with Crippen molar-refractivity contribution >= 4 is 23.3 Å². The molecule has 3 N–H and O–H groups in total. The van der Waals surface area contributed by atoms with Crippen molar-refractivity contribution in [2.45, 2.75) is 12.8 Å². The molecular weight excluding hydrogens is 206 g/mol. The second kappa shape index (κ2) is 4.22. The number of nitrogen functional groups attached to an aromatic ring is 1. The number of anilines is 2. The van der Waals surface area contributed by atoms with Gasteiger partial charge in [0.2, 0.25) is 5.91 Å². The van der Waals surface area contributed by atoms with Crippen molar-refractivity contribution in [3.63, 3.8) is 0 Å². The van der Waals surface area contributed by atoms with E-state index in [4.69, 9.17) is 5.73 Å². The minimum atomic E-state index is -0.368. The highest BCUT2D eigenvalue weighted by atomic mass is 16.2. The Morgan fingerprint density at radius 2 is 1.88 bits per heavy atom. The van der Waals surface area contributed by atoms with E-state index in [1.165, 1.54) is 0 Å². The first-order valence-corrected chi connectivity index (χ1v) is 5.15. The van der Waals surface area contributed by atoms with Crippen molar-refractivity contribution in [2.24, 2.45) is 0 Å². The third-order valence-electron chi connectivity index (χ3n) is 2.45. The van der Waals surface area contributed by atoms with E-state index >= 15 is 0 Å². The Bertz CT molecular complexity index is 396. The number of hydrogen-bond donors (Lipinski definition) is 2. The Balaban J connectivity index is 2.32.